The highest BCUT2D eigenvalue weighted by atomic mass is 35.5. The summed E-state index contributed by atoms with van der Waals surface area (Å²) in [6.07, 6.45) is 3.16. The van der Waals surface area contributed by atoms with E-state index >= 15 is 0 Å². The predicted molar refractivity (Wildman–Crippen MR) is 90.1 cm³/mol. The Hall–Kier alpha value is -0.930. The number of rotatable bonds is 3. The van der Waals surface area contributed by atoms with Crippen LogP contribution in [0.5, 0.6) is 0 Å². The molecule has 1 saturated heterocycles. The Morgan fingerprint density at radius 3 is 2.90 bits per heavy atom. The third kappa shape index (κ3) is 2.61. The molecule has 2 heterocycles. The molecule has 0 aliphatic carbocycles. The molecule has 0 saturated carbocycles. The van der Waals surface area contributed by atoms with Crippen LogP contribution in [0.25, 0.3) is 10.8 Å². The number of hydrogen-bond acceptors (Lipinski definition) is 3. The number of alkyl halides is 1. The highest BCUT2D eigenvalue weighted by Gasteiger charge is 2.21. The monoisotopic (exact) mass is 306 g/mol. The number of halogens is 1. The van der Waals surface area contributed by atoms with Crippen molar-refractivity contribution in [2.45, 2.75) is 24.5 Å². The van der Waals surface area contributed by atoms with E-state index in [2.05, 4.69) is 47.9 Å². The summed E-state index contributed by atoms with van der Waals surface area (Å²) in [5, 5.41) is 3.18. The van der Waals surface area contributed by atoms with E-state index in [9.17, 15) is 0 Å². The van der Waals surface area contributed by atoms with Crippen molar-refractivity contribution in [1.29, 1.82) is 0 Å². The Bertz CT molecular complexity index is 602. The third-order valence-corrected chi connectivity index (χ3v) is 5.55. The van der Waals surface area contributed by atoms with Gasteiger partial charge in [0, 0.05) is 41.6 Å². The Labute approximate surface area is 129 Å². The number of thioether (sulfide) groups is 1. The van der Waals surface area contributed by atoms with Crippen molar-refractivity contribution in [1.82, 2.24) is 4.98 Å². The molecule has 106 valence electrons. The van der Waals surface area contributed by atoms with E-state index in [0.29, 0.717) is 5.88 Å². The van der Waals surface area contributed by atoms with Crippen molar-refractivity contribution in [3.8, 4) is 0 Å². The molecule has 1 fully saturated rings. The number of aromatic nitrogens is 1. The van der Waals surface area contributed by atoms with Crippen LogP contribution in [0.2, 0.25) is 0 Å². The quantitative estimate of drug-likeness (QED) is 0.786. The molecule has 2 nitrogen and oxygen atoms in total. The summed E-state index contributed by atoms with van der Waals surface area (Å²) in [5.41, 5.74) is 1.12. The van der Waals surface area contributed by atoms with E-state index in [0.717, 1.165) is 29.7 Å². The Balaban J connectivity index is 2.03. The minimum absolute atomic E-state index is 0.515. The predicted octanol–water partition coefficient (Wildman–Crippen LogP) is 4.31. The SMILES string of the molecule is CCC1CN(c2ncc(CCl)c3ccccc23)CCS1. The molecule has 1 aromatic carbocycles. The fourth-order valence-corrected chi connectivity index (χ4v) is 4.15. The average Bonchev–Trinajstić information content (AvgIpc) is 2.54. The Morgan fingerprint density at radius 2 is 2.15 bits per heavy atom. The molecule has 0 bridgehead atoms. The zero-order chi connectivity index (χ0) is 13.9. The van der Waals surface area contributed by atoms with Crippen molar-refractivity contribution in [2.24, 2.45) is 0 Å². The average molecular weight is 307 g/mol. The summed E-state index contributed by atoms with van der Waals surface area (Å²) < 4.78 is 0. The molecule has 1 aliphatic heterocycles. The lowest BCUT2D eigenvalue weighted by Crippen LogP contribution is -2.38. The lowest BCUT2D eigenvalue weighted by molar-refractivity contribution is 0.722. The maximum absolute atomic E-state index is 6.03. The van der Waals surface area contributed by atoms with Crippen LogP contribution in [0, 0.1) is 0 Å². The van der Waals surface area contributed by atoms with Gasteiger partial charge in [0.25, 0.3) is 0 Å². The maximum atomic E-state index is 6.03. The second-order valence-electron chi connectivity index (χ2n) is 5.13. The van der Waals surface area contributed by atoms with Gasteiger partial charge >= 0.3 is 0 Å². The van der Waals surface area contributed by atoms with Crippen LogP contribution in [0.4, 0.5) is 5.82 Å². The summed E-state index contributed by atoms with van der Waals surface area (Å²) in [7, 11) is 0. The highest BCUT2D eigenvalue weighted by molar-refractivity contribution is 8.00. The molecule has 1 aliphatic rings. The van der Waals surface area contributed by atoms with Gasteiger partial charge < -0.3 is 4.90 Å². The molecule has 1 aromatic heterocycles. The van der Waals surface area contributed by atoms with Crippen LogP contribution in [0.3, 0.4) is 0 Å². The van der Waals surface area contributed by atoms with Crippen LogP contribution in [-0.4, -0.2) is 29.1 Å². The molecule has 4 heteroatoms. The first-order valence-electron chi connectivity index (χ1n) is 7.12. The molecule has 2 aromatic rings. The summed E-state index contributed by atoms with van der Waals surface area (Å²) in [6, 6.07) is 8.47. The van der Waals surface area contributed by atoms with Crippen molar-refractivity contribution >= 4 is 40.0 Å². The van der Waals surface area contributed by atoms with Gasteiger partial charge in [-0.25, -0.2) is 4.98 Å². The molecule has 0 N–H and O–H groups in total. The first-order valence-corrected chi connectivity index (χ1v) is 8.71. The van der Waals surface area contributed by atoms with Gasteiger partial charge in [-0.2, -0.15) is 11.8 Å². The van der Waals surface area contributed by atoms with Crippen LogP contribution in [0.15, 0.2) is 30.5 Å². The highest BCUT2D eigenvalue weighted by Crippen LogP contribution is 2.31. The molecule has 0 radical (unpaired) electrons. The van der Waals surface area contributed by atoms with Gasteiger partial charge in [-0.15, -0.1) is 11.6 Å². The summed E-state index contributed by atoms with van der Waals surface area (Å²) in [5.74, 6) is 2.82. The number of anilines is 1. The van der Waals surface area contributed by atoms with Gasteiger partial charge in [-0.1, -0.05) is 31.2 Å². The summed E-state index contributed by atoms with van der Waals surface area (Å²) in [4.78, 5) is 7.14. The van der Waals surface area contributed by atoms with Crippen molar-refractivity contribution in [3.63, 3.8) is 0 Å². The smallest absolute Gasteiger partial charge is 0.136 e. The zero-order valence-electron chi connectivity index (χ0n) is 11.7. The van der Waals surface area contributed by atoms with Gasteiger partial charge in [0.1, 0.15) is 5.82 Å². The molecule has 0 amide bonds. The van der Waals surface area contributed by atoms with E-state index in [4.69, 9.17) is 16.6 Å². The number of pyridine rings is 1. The largest absolute Gasteiger partial charge is 0.354 e. The van der Waals surface area contributed by atoms with Crippen molar-refractivity contribution < 1.29 is 0 Å². The van der Waals surface area contributed by atoms with Crippen LogP contribution < -0.4 is 4.90 Å². The van der Waals surface area contributed by atoms with E-state index in [1.165, 1.54) is 22.9 Å². The molecular formula is C16H19ClN2S. The van der Waals surface area contributed by atoms with E-state index in [1.54, 1.807) is 0 Å². The standard InChI is InChI=1S/C16H19ClN2S/c1-2-13-11-19(7-8-20-13)16-15-6-4-3-5-14(15)12(9-17)10-18-16/h3-6,10,13H,2,7-9,11H2,1H3. The van der Waals surface area contributed by atoms with E-state index in [1.807, 2.05) is 6.20 Å². The fourth-order valence-electron chi connectivity index (χ4n) is 2.75. The topological polar surface area (TPSA) is 16.1 Å². The Morgan fingerprint density at radius 1 is 1.35 bits per heavy atom. The molecular weight excluding hydrogens is 288 g/mol. The molecule has 3 rings (SSSR count). The van der Waals surface area contributed by atoms with Gasteiger partial charge in [-0.3, -0.25) is 0 Å². The van der Waals surface area contributed by atoms with Gasteiger partial charge in [-0.05, 0) is 17.4 Å². The lowest BCUT2D eigenvalue weighted by atomic mass is 10.1. The minimum atomic E-state index is 0.515. The summed E-state index contributed by atoms with van der Waals surface area (Å²) in [6.45, 7) is 4.44. The number of hydrogen-bond donors (Lipinski definition) is 0. The van der Waals surface area contributed by atoms with E-state index in [-0.39, 0.29) is 0 Å². The number of fused-ring (bicyclic) bond motifs is 1. The van der Waals surface area contributed by atoms with Gasteiger partial charge in [0.05, 0.1) is 0 Å². The van der Waals surface area contributed by atoms with Crippen LogP contribution >= 0.6 is 23.4 Å². The second kappa shape index (κ2) is 6.23. The first-order chi connectivity index (χ1) is 9.83. The lowest BCUT2D eigenvalue weighted by Gasteiger charge is -2.33. The van der Waals surface area contributed by atoms with Gasteiger partial charge in [0.2, 0.25) is 0 Å². The second-order valence-corrected chi connectivity index (χ2v) is 6.81. The van der Waals surface area contributed by atoms with E-state index < -0.39 is 0 Å². The molecule has 1 unspecified atom stereocenters. The first kappa shape index (κ1) is 14.0. The van der Waals surface area contributed by atoms with Gasteiger partial charge in [0.15, 0.2) is 0 Å². The Kier molecular flexibility index (Phi) is 4.37. The van der Waals surface area contributed by atoms with Crippen molar-refractivity contribution in [2.75, 3.05) is 23.7 Å². The molecule has 0 spiro atoms. The van der Waals surface area contributed by atoms with Crippen molar-refractivity contribution in [3.05, 3.63) is 36.0 Å². The van der Waals surface area contributed by atoms with Crippen LogP contribution in [0.1, 0.15) is 18.9 Å². The maximum Gasteiger partial charge on any atom is 0.136 e. The minimum Gasteiger partial charge on any atom is -0.354 e. The zero-order valence-corrected chi connectivity index (χ0v) is 13.3. The third-order valence-electron chi connectivity index (χ3n) is 3.89. The summed E-state index contributed by atoms with van der Waals surface area (Å²) >= 11 is 8.12. The fraction of sp³-hybridized carbons (Fsp3) is 0.438. The number of benzene rings is 1. The molecule has 1 atom stereocenters. The normalized spacial score (nSPS) is 19.5. The number of nitrogens with zero attached hydrogens (tertiary/aromatic N) is 2. The molecule has 20 heavy (non-hydrogen) atoms. The van der Waals surface area contributed by atoms with Crippen LogP contribution in [-0.2, 0) is 5.88 Å².